The summed E-state index contributed by atoms with van der Waals surface area (Å²) < 4.78 is 38.7. The second-order valence-corrected chi connectivity index (χ2v) is 7.54. The van der Waals surface area contributed by atoms with Gasteiger partial charge in [0.25, 0.3) is 5.91 Å². The molecule has 2 aromatic carbocycles. The van der Waals surface area contributed by atoms with Gasteiger partial charge in [-0.25, -0.2) is 0 Å². The molecule has 1 fully saturated rings. The number of hydrogen-bond donors (Lipinski definition) is 1. The number of allylic oxidation sites excluding steroid dienone is 4. The fraction of sp³-hybridized carbons (Fsp3) is 0.182. The lowest BCUT2D eigenvalue weighted by Crippen LogP contribution is -2.26. The third-order valence-electron chi connectivity index (χ3n) is 5.32. The molecule has 2 atom stereocenters. The number of likely N-dealkylation sites (tertiary alicyclic amines) is 1. The molecule has 4 nitrogen and oxygen atoms in total. The molecule has 154 valence electrons. The predicted octanol–water partition coefficient (Wildman–Crippen LogP) is 5.38. The first-order chi connectivity index (χ1) is 14.3. The highest BCUT2D eigenvalue weighted by molar-refractivity contribution is 6.43. The van der Waals surface area contributed by atoms with Gasteiger partial charge in [-0.05, 0) is 41.5 Å². The van der Waals surface area contributed by atoms with Crippen molar-refractivity contribution in [2.24, 2.45) is 11.1 Å². The molecule has 1 N–H and O–H groups in total. The topological polar surface area (TPSA) is 52.9 Å². The quantitative estimate of drug-likeness (QED) is 0.522. The van der Waals surface area contributed by atoms with E-state index in [1.165, 1.54) is 17.0 Å². The van der Waals surface area contributed by atoms with Crippen LogP contribution in [0.25, 0.3) is 0 Å². The number of fused-ring (bicyclic) bond motifs is 1. The van der Waals surface area contributed by atoms with Crippen molar-refractivity contribution in [1.29, 1.82) is 0 Å². The lowest BCUT2D eigenvalue weighted by atomic mass is 9.79. The zero-order valence-electron chi connectivity index (χ0n) is 15.5. The van der Waals surface area contributed by atoms with Crippen LogP contribution < -0.4 is 0 Å². The van der Waals surface area contributed by atoms with Crippen molar-refractivity contribution < 1.29 is 23.2 Å². The van der Waals surface area contributed by atoms with E-state index in [1.807, 2.05) is 0 Å². The van der Waals surface area contributed by atoms with Crippen LogP contribution in [0.5, 0.6) is 0 Å². The molecular formula is C22H16ClF3N2O2. The number of carbonyl (C=O) groups excluding carboxylic acids is 1. The summed E-state index contributed by atoms with van der Waals surface area (Å²) in [5, 5.41) is 13.3. The molecule has 4 rings (SSSR count). The van der Waals surface area contributed by atoms with Crippen molar-refractivity contribution in [3.05, 3.63) is 94.2 Å². The summed E-state index contributed by atoms with van der Waals surface area (Å²) in [5.74, 6) is -1.46. The van der Waals surface area contributed by atoms with Gasteiger partial charge in [-0.3, -0.25) is 4.79 Å². The van der Waals surface area contributed by atoms with Gasteiger partial charge in [0, 0.05) is 16.6 Å². The Labute approximate surface area is 175 Å². The Morgan fingerprint density at radius 3 is 2.33 bits per heavy atom. The lowest BCUT2D eigenvalue weighted by molar-refractivity contribution is -0.137. The summed E-state index contributed by atoms with van der Waals surface area (Å²) in [6, 6.07) is 11.8. The third-order valence-corrected chi connectivity index (χ3v) is 5.57. The number of amides is 1. The third kappa shape index (κ3) is 3.61. The van der Waals surface area contributed by atoms with Gasteiger partial charge in [-0.2, -0.15) is 13.2 Å². The van der Waals surface area contributed by atoms with E-state index in [0.29, 0.717) is 16.3 Å². The highest BCUT2D eigenvalue weighted by Gasteiger charge is 2.46. The summed E-state index contributed by atoms with van der Waals surface area (Å²) in [7, 11) is 0. The van der Waals surface area contributed by atoms with Crippen LogP contribution in [0.2, 0.25) is 5.02 Å². The Bertz CT molecular complexity index is 1060. The van der Waals surface area contributed by atoms with Crippen LogP contribution in [-0.4, -0.2) is 21.7 Å². The summed E-state index contributed by atoms with van der Waals surface area (Å²) in [6.07, 6.45) is 0.886. The maximum atomic E-state index is 12.9. The molecule has 0 saturated carbocycles. The summed E-state index contributed by atoms with van der Waals surface area (Å²) in [4.78, 5) is 14.4. The molecule has 1 aliphatic carbocycles. The van der Waals surface area contributed by atoms with Crippen LogP contribution in [-0.2, 0) is 17.5 Å². The molecule has 1 amide bonds. The van der Waals surface area contributed by atoms with Crippen LogP contribution in [0.3, 0.4) is 0 Å². The fourth-order valence-corrected chi connectivity index (χ4v) is 3.99. The van der Waals surface area contributed by atoms with Gasteiger partial charge in [0.2, 0.25) is 0 Å². The van der Waals surface area contributed by atoms with E-state index in [0.717, 1.165) is 17.7 Å². The van der Waals surface area contributed by atoms with Gasteiger partial charge in [-0.15, -0.1) is 0 Å². The van der Waals surface area contributed by atoms with Gasteiger partial charge in [0.05, 0.1) is 18.0 Å². The number of halogens is 4. The van der Waals surface area contributed by atoms with Crippen molar-refractivity contribution in [1.82, 2.24) is 4.90 Å². The minimum absolute atomic E-state index is 0.0375. The minimum atomic E-state index is -4.43. The van der Waals surface area contributed by atoms with E-state index in [4.69, 9.17) is 11.6 Å². The number of carbonyl (C=O) groups is 1. The summed E-state index contributed by atoms with van der Waals surface area (Å²) >= 11 is 5.92. The number of rotatable bonds is 3. The molecule has 2 aliphatic rings. The molecular weight excluding hydrogens is 417 g/mol. The molecule has 2 aromatic rings. The van der Waals surface area contributed by atoms with Gasteiger partial charge in [0.1, 0.15) is 0 Å². The molecule has 0 spiro atoms. The average Bonchev–Trinajstić information content (AvgIpc) is 3.00. The van der Waals surface area contributed by atoms with Gasteiger partial charge >= 0.3 is 6.18 Å². The Morgan fingerprint density at radius 1 is 1.07 bits per heavy atom. The van der Waals surface area contributed by atoms with Crippen molar-refractivity contribution >= 4 is 23.2 Å². The van der Waals surface area contributed by atoms with Gasteiger partial charge in [0.15, 0.2) is 5.71 Å². The zero-order valence-corrected chi connectivity index (χ0v) is 16.2. The molecule has 0 aromatic heterocycles. The average molecular weight is 433 g/mol. The molecule has 1 saturated heterocycles. The van der Waals surface area contributed by atoms with Crippen LogP contribution in [0.1, 0.15) is 22.6 Å². The summed E-state index contributed by atoms with van der Waals surface area (Å²) in [6.45, 7) is 0.255. The normalized spacial score (nSPS) is 22.4. The first-order valence-electron chi connectivity index (χ1n) is 9.13. The number of nitrogens with zero attached hydrogens (tertiary/aromatic N) is 2. The molecule has 0 radical (unpaired) electrons. The van der Waals surface area contributed by atoms with Crippen LogP contribution in [0.15, 0.2) is 77.6 Å². The van der Waals surface area contributed by atoms with E-state index in [2.05, 4.69) is 5.16 Å². The molecule has 2 unspecified atom stereocenters. The highest BCUT2D eigenvalue weighted by atomic mass is 35.5. The SMILES string of the molecule is O=C1C(=NO)C2C(=CC=CC2c2ccc(C(F)(F)F)cc2)N1Cc1ccc(Cl)cc1. The maximum Gasteiger partial charge on any atom is 0.416 e. The highest BCUT2D eigenvalue weighted by Crippen LogP contribution is 2.43. The van der Waals surface area contributed by atoms with E-state index in [9.17, 15) is 23.2 Å². The number of hydrogen-bond acceptors (Lipinski definition) is 3. The van der Waals surface area contributed by atoms with Crippen molar-refractivity contribution in [2.45, 2.75) is 18.6 Å². The van der Waals surface area contributed by atoms with Crippen LogP contribution in [0, 0.1) is 5.92 Å². The Balaban J connectivity index is 1.67. The molecule has 1 heterocycles. The Morgan fingerprint density at radius 2 is 1.73 bits per heavy atom. The smallest absolute Gasteiger partial charge is 0.410 e. The van der Waals surface area contributed by atoms with E-state index in [-0.39, 0.29) is 12.3 Å². The first kappa shape index (κ1) is 20.2. The lowest BCUT2D eigenvalue weighted by Gasteiger charge is -2.27. The van der Waals surface area contributed by atoms with Gasteiger partial charge in [-0.1, -0.05) is 53.2 Å². The standard InChI is InChI=1S/C22H16ClF3N2O2/c23-16-10-4-13(5-11-16)12-28-18-3-1-2-17(19(18)20(27-30)21(28)29)14-6-8-15(9-7-14)22(24,25)26/h1-11,17,19,30H,12H2. The second kappa shape index (κ2) is 7.65. The van der Waals surface area contributed by atoms with Crippen molar-refractivity contribution in [3.63, 3.8) is 0 Å². The molecule has 8 heteroatoms. The van der Waals surface area contributed by atoms with Gasteiger partial charge < -0.3 is 10.1 Å². The maximum absolute atomic E-state index is 12.9. The minimum Gasteiger partial charge on any atom is -0.410 e. The Kier molecular flexibility index (Phi) is 5.15. The first-order valence-corrected chi connectivity index (χ1v) is 9.51. The fourth-order valence-electron chi connectivity index (χ4n) is 3.87. The molecule has 1 aliphatic heterocycles. The monoisotopic (exact) mass is 432 g/mol. The summed E-state index contributed by atoms with van der Waals surface area (Å²) in [5.41, 5.74) is 1.29. The second-order valence-electron chi connectivity index (χ2n) is 7.10. The van der Waals surface area contributed by atoms with E-state index >= 15 is 0 Å². The van der Waals surface area contributed by atoms with E-state index in [1.54, 1.807) is 42.5 Å². The van der Waals surface area contributed by atoms with Crippen molar-refractivity contribution in [2.75, 3.05) is 0 Å². The van der Waals surface area contributed by atoms with E-state index < -0.39 is 29.5 Å². The number of benzene rings is 2. The molecule has 30 heavy (non-hydrogen) atoms. The number of oxime groups is 1. The van der Waals surface area contributed by atoms with Crippen molar-refractivity contribution in [3.8, 4) is 0 Å². The van der Waals surface area contributed by atoms with Crippen LogP contribution >= 0.6 is 11.6 Å². The molecule has 0 bridgehead atoms. The predicted molar refractivity (Wildman–Crippen MR) is 106 cm³/mol. The Hall–Kier alpha value is -3.06. The number of alkyl halides is 3. The largest absolute Gasteiger partial charge is 0.416 e. The zero-order chi connectivity index (χ0) is 21.5. The van der Waals surface area contributed by atoms with Crippen LogP contribution in [0.4, 0.5) is 13.2 Å².